The summed E-state index contributed by atoms with van der Waals surface area (Å²) in [7, 11) is 0. The van der Waals surface area contributed by atoms with Crippen molar-refractivity contribution in [1.82, 2.24) is 19.7 Å². The van der Waals surface area contributed by atoms with Crippen LogP contribution in [0.3, 0.4) is 0 Å². The van der Waals surface area contributed by atoms with E-state index in [0.29, 0.717) is 35.0 Å². The summed E-state index contributed by atoms with van der Waals surface area (Å²) in [5.41, 5.74) is 1.73. The maximum Gasteiger partial charge on any atom is 0.311 e. The van der Waals surface area contributed by atoms with Gasteiger partial charge in [-0.1, -0.05) is 29.5 Å². The van der Waals surface area contributed by atoms with Crippen molar-refractivity contribution in [2.24, 2.45) is 0 Å². The van der Waals surface area contributed by atoms with Crippen LogP contribution in [0.4, 0.5) is 5.13 Å². The molecule has 0 aliphatic carbocycles. The molecule has 3 aromatic rings. The summed E-state index contributed by atoms with van der Waals surface area (Å²) in [6.45, 7) is 8.67. The summed E-state index contributed by atoms with van der Waals surface area (Å²) < 4.78 is 12.9. The van der Waals surface area contributed by atoms with Crippen LogP contribution in [-0.2, 0) is 27.3 Å². The number of nitrogens with zero attached hydrogens (tertiary/aromatic N) is 4. The van der Waals surface area contributed by atoms with Crippen LogP contribution in [0.2, 0.25) is 0 Å². The molecule has 1 aromatic carbocycles. The van der Waals surface area contributed by atoms with E-state index in [1.807, 2.05) is 49.6 Å². The molecule has 2 heterocycles. The minimum Gasteiger partial charge on any atom is -0.483 e. The smallest absolute Gasteiger partial charge is 0.311 e. The van der Waals surface area contributed by atoms with Gasteiger partial charge in [0.25, 0.3) is 0 Å². The lowest BCUT2D eigenvalue weighted by Crippen LogP contribution is -2.15. The molecule has 9 nitrogen and oxygen atoms in total. The van der Waals surface area contributed by atoms with Gasteiger partial charge in [-0.15, -0.1) is 21.5 Å². The molecule has 0 bridgehead atoms. The lowest BCUT2D eigenvalue weighted by atomic mass is 10.2. The Bertz CT molecular complexity index is 1080. The average Bonchev–Trinajstić information content (AvgIpc) is 3.40. The predicted octanol–water partition coefficient (Wildman–Crippen LogP) is 4.04. The van der Waals surface area contributed by atoms with E-state index >= 15 is 0 Å². The largest absolute Gasteiger partial charge is 0.483 e. The normalized spacial score (nSPS) is 11.8. The molecule has 0 saturated carbocycles. The molecule has 0 aliphatic rings. The Labute approximate surface area is 200 Å². The number of carbonyl (C=O) groups is 2. The van der Waals surface area contributed by atoms with Crippen molar-refractivity contribution in [2.75, 3.05) is 17.7 Å². The van der Waals surface area contributed by atoms with Crippen LogP contribution in [0.15, 0.2) is 34.8 Å². The first-order valence-electron chi connectivity index (χ1n) is 10.6. The fourth-order valence-electron chi connectivity index (χ4n) is 2.97. The lowest BCUT2D eigenvalue weighted by molar-refractivity contribution is -0.142. The van der Waals surface area contributed by atoms with Crippen molar-refractivity contribution < 1.29 is 19.1 Å². The van der Waals surface area contributed by atoms with Gasteiger partial charge in [-0.05, 0) is 39.8 Å². The summed E-state index contributed by atoms with van der Waals surface area (Å²) in [5.74, 6) is 1.06. The topological polar surface area (TPSA) is 108 Å². The molecule has 0 saturated heterocycles. The maximum absolute atomic E-state index is 12.4. The first kappa shape index (κ1) is 24.7. The van der Waals surface area contributed by atoms with Crippen LogP contribution in [-0.4, -0.2) is 44.0 Å². The third-order valence-electron chi connectivity index (χ3n) is 4.52. The quantitative estimate of drug-likeness (QED) is 0.318. The molecule has 1 atom stereocenters. The highest BCUT2D eigenvalue weighted by Gasteiger charge is 2.20. The van der Waals surface area contributed by atoms with Gasteiger partial charge in [0.2, 0.25) is 5.91 Å². The highest BCUT2D eigenvalue weighted by atomic mass is 32.2. The van der Waals surface area contributed by atoms with Crippen LogP contribution >= 0.6 is 23.1 Å². The van der Waals surface area contributed by atoms with Crippen molar-refractivity contribution in [3.8, 4) is 5.75 Å². The fraction of sp³-hybridized carbons (Fsp3) is 0.409. The Morgan fingerprint density at radius 3 is 2.67 bits per heavy atom. The number of esters is 1. The standard InChI is InChI=1S/C22H27N5O4S2/c1-5-27-20(15(4)31-17-9-7-14(3)8-10-17)25-26-22(27)33-13-18(28)24-21-23-16(12-32-21)11-19(29)30-6-2/h7-10,12,15H,5-6,11,13H2,1-4H3,(H,23,24,28). The number of nitrogens with one attached hydrogen (secondary N) is 1. The number of carbonyl (C=O) groups excluding carboxylic acids is 2. The van der Waals surface area contributed by atoms with Gasteiger partial charge >= 0.3 is 5.97 Å². The Balaban J connectivity index is 1.55. The van der Waals surface area contributed by atoms with Crippen LogP contribution in [0.1, 0.15) is 44.0 Å². The van der Waals surface area contributed by atoms with Crippen molar-refractivity contribution in [2.45, 2.75) is 51.9 Å². The monoisotopic (exact) mass is 489 g/mol. The summed E-state index contributed by atoms with van der Waals surface area (Å²) in [4.78, 5) is 28.2. The second-order valence-corrected chi connectivity index (χ2v) is 8.92. The number of hydrogen-bond acceptors (Lipinski definition) is 9. The third-order valence-corrected chi connectivity index (χ3v) is 6.29. The summed E-state index contributed by atoms with van der Waals surface area (Å²) >= 11 is 2.56. The summed E-state index contributed by atoms with van der Waals surface area (Å²) in [6, 6.07) is 7.84. The zero-order chi connectivity index (χ0) is 23.8. The molecular formula is C22H27N5O4S2. The average molecular weight is 490 g/mol. The van der Waals surface area contributed by atoms with E-state index in [-0.39, 0.29) is 30.2 Å². The lowest BCUT2D eigenvalue weighted by Gasteiger charge is -2.15. The van der Waals surface area contributed by atoms with Gasteiger partial charge in [-0.3, -0.25) is 9.59 Å². The van der Waals surface area contributed by atoms with Gasteiger partial charge < -0.3 is 19.4 Å². The second kappa shape index (κ2) is 11.8. The fourth-order valence-corrected chi connectivity index (χ4v) is 4.51. The van der Waals surface area contributed by atoms with Gasteiger partial charge in [0.1, 0.15) is 5.75 Å². The Hall–Kier alpha value is -2.92. The number of benzene rings is 1. The maximum atomic E-state index is 12.4. The molecular weight excluding hydrogens is 462 g/mol. The molecule has 1 amide bonds. The summed E-state index contributed by atoms with van der Waals surface area (Å²) in [6.07, 6.45) is -0.211. The van der Waals surface area contributed by atoms with Crippen molar-refractivity contribution in [3.63, 3.8) is 0 Å². The SMILES string of the molecule is CCOC(=O)Cc1csc(NC(=O)CSc2nnc(C(C)Oc3ccc(C)cc3)n2CC)n1. The van der Waals surface area contributed by atoms with Gasteiger partial charge in [0.05, 0.1) is 24.5 Å². The van der Waals surface area contributed by atoms with Gasteiger partial charge in [-0.25, -0.2) is 4.98 Å². The number of thioether (sulfide) groups is 1. The number of aryl methyl sites for hydroxylation is 1. The zero-order valence-corrected chi connectivity index (χ0v) is 20.7. The molecule has 0 aliphatic heterocycles. The van der Waals surface area contributed by atoms with E-state index in [2.05, 4.69) is 20.5 Å². The number of anilines is 1. The Morgan fingerprint density at radius 2 is 1.97 bits per heavy atom. The van der Waals surface area contributed by atoms with Gasteiger partial charge in [0, 0.05) is 11.9 Å². The molecule has 3 rings (SSSR count). The highest BCUT2D eigenvalue weighted by molar-refractivity contribution is 7.99. The van der Waals surface area contributed by atoms with E-state index < -0.39 is 0 Å². The van der Waals surface area contributed by atoms with Crippen molar-refractivity contribution in [1.29, 1.82) is 0 Å². The number of amides is 1. The molecule has 1 unspecified atom stereocenters. The van der Waals surface area contributed by atoms with Crippen molar-refractivity contribution >= 4 is 40.1 Å². The van der Waals surface area contributed by atoms with Crippen molar-refractivity contribution in [3.05, 3.63) is 46.7 Å². The Morgan fingerprint density at radius 1 is 1.21 bits per heavy atom. The minimum atomic E-state index is -0.341. The number of hydrogen-bond donors (Lipinski definition) is 1. The summed E-state index contributed by atoms with van der Waals surface area (Å²) in [5, 5.41) is 14.1. The molecule has 1 N–H and O–H groups in total. The van der Waals surface area contributed by atoms with Gasteiger partial charge in [-0.2, -0.15) is 0 Å². The van der Waals surface area contributed by atoms with E-state index in [1.165, 1.54) is 23.1 Å². The van der Waals surface area contributed by atoms with E-state index in [0.717, 1.165) is 11.3 Å². The molecule has 2 aromatic heterocycles. The second-order valence-electron chi connectivity index (χ2n) is 7.12. The molecule has 33 heavy (non-hydrogen) atoms. The first-order valence-corrected chi connectivity index (χ1v) is 12.4. The predicted molar refractivity (Wildman–Crippen MR) is 128 cm³/mol. The molecule has 11 heteroatoms. The minimum absolute atomic E-state index is 0.0835. The molecule has 176 valence electrons. The number of rotatable bonds is 11. The van der Waals surface area contributed by atoms with E-state index in [4.69, 9.17) is 9.47 Å². The van der Waals surface area contributed by atoms with Crippen LogP contribution in [0, 0.1) is 6.92 Å². The van der Waals surface area contributed by atoms with E-state index in [9.17, 15) is 9.59 Å². The Kier molecular flexibility index (Phi) is 8.84. The first-order chi connectivity index (χ1) is 15.9. The van der Waals surface area contributed by atoms with E-state index in [1.54, 1.807) is 12.3 Å². The zero-order valence-electron chi connectivity index (χ0n) is 19.0. The van der Waals surface area contributed by atoms with Crippen LogP contribution in [0.25, 0.3) is 0 Å². The highest BCUT2D eigenvalue weighted by Crippen LogP contribution is 2.25. The number of thiazole rings is 1. The molecule has 0 radical (unpaired) electrons. The molecule has 0 fully saturated rings. The van der Waals surface area contributed by atoms with Crippen LogP contribution in [0.5, 0.6) is 5.75 Å². The molecule has 0 spiro atoms. The number of ether oxygens (including phenoxy) is 2. The van der Waals surface area contributed by atoms with Crippen LogP contribution < -0.4 is 10.1 Å². The third kappa shape index (κ3) is 7.03. The number of aromatic nitrogens is 4. The van der Waals surface area contributed by atoms with Gasteiger partial charge in [0.15, 0.2) is 22.2 Å².